The summed E-state index contributed by atoms with van der Waals surface area (Å²) in [6, 6.07) is 5.43. The molecule has 1 atom stereocenters. The van der Waals surface area contributed by atoms with Crippen molar-refractivity contribution in [3.63, 3.8) is 0 Å². The van der Waals surface area contributed by atoms with E-state index in [2.05, 4.69) is 23.9 Å². The van der Waals surface area contributed by atoms with E-state index in [1.807, 2.05) is 26.1 Å². The Hall–Kier alpha value is -1.63. The highest BCUT2D eigenvalue weighted by Gasteiger charge is 2.22. The van der Waals surface area contributed by atoms with Crippen molar-refractivity contribution in [2.75, 3.05) is 66.2 Å². The maximum Gasteiger partial charge on any atom is 0.253 e. The number of nitrogen functional groups attached to an aromatic ring is 1. The molecule has 1 fully saturated rings. The molecule has 0 saturated carbocycles. The molecule has 1 saturated heterocycles. The summed E-state index contributed by atoms with van der Waals surface area (Å²) in [5, 5.41) is 0. The number of hydrogen-bond donors (Lipinski definition) is 1. The molecule has 2 N–H and O–H groups in total. The minimum Gasteiger partial charge on any atom is -0.399 e. The molecule has 134 valence electrons. The molecular weight excluding hydrogens is 304 g/mol. The van der Waals surface area contributed by atoms with E-state index >= 15 is 0 Å². The van der Waals surface area contributed by atoms with E-state index in [4.69, 9.17) is 10.5 Å². The number of nitrogens with zero attached hydrogens (tertiary/aromatic N) is 3. The molecule has 0 spiro atoms. The topological polar surface area (TPSA) is 62.0 Å². The number of nitrogens with two attached hydrogens (primary N) is 1. The minimum absolute atomic E-state index is 0.0469. The Morgan fingerprint density at radius 1 is 1.38 bits per heavy atom. The molecule has 2 rings (SSSR count). The van der Waals surface area contributed by atoms with E-state index in [9.17, 15) is 4.79 Å². The quantitative estimate of drug-likeness (QED) is 0.784. The number of morpholine rings is 1. The Bertz CT molecular complexity index is 562. The second-order valence-electron chi connectivity index (χ2n) is 6.86. The van der Waals surface area contributed by atoms with E-state index in [1.165, 1.54) is 0 Å². The number of benzene rings is 1. The van der Waals surface area contributed by atoms with Gasteiger partial charge in [-0.15, -0.1) is 0 Å². The molecule has 0 aromatic heterocycles. The van der Waals surface area contributed by atoms with Crippen LogP contribution >= 0.6 is 0 Å². The number of aryl methyl sites for hydroxylation is 1. The lowest BCUT2D eigenvalue weighted by Gasteiger charge is -2.35. The van der Waals surface area contributed by atoms with Crippen LogP contribution in [0, 0.1) is 6.92 Å². The number of carbonyl (C=O) groups is 1. The third kappa shape index (κ3) is 5.19. The molecule has 1 amide bonds. The summed E-state index contributed by atoms with van der Waals surface area (Å²) < 4.78 is 5.79. The molecule has 1 aliphatic heterocycles. The largest absolute Gasteiger partial charge is 0.399 e. The Kier molecular flexibility index (Phi) is 6.60. The fourth-order valence-electron chi connectivity index (χ4n) is 3.03. The van der Waals surface area contributed by atoms with Gasteiger partial charge in [0, 0.05) is 51.0 Å². The van der Waals surface area contributed by atoms with Crippen LogP contribution in [0.1, 0.15) is 15.9 Å². The zero-order valence-corrected chi connectivity index (χ0v) is 15.3. The van der Waals surface area contributed by atoms with Gasteiger partial charge >= 0.3 is 0 Å². The van der Waals surface area contributed by atoms with Gasteiger partial charge in [0.15, 0.2) is 0 Å². The van der Waals surface area contributed by atoms with Crippen molar-refractivity contribution < 1.29 is 9.53 Å². The van der Waals surface area contributed by atoms with Crippen molar-refractivity contribution in [2.24, 2.45) is 0 Å². The second-order valence-corrected chi connectivity index (χ2v) is 6.86. The van der Waals surface area contributed by atoms with Crippen molar-refractivity contribution in [2.45, 2.75) is 13.0 Å². The summed E-state index contributed by atoms with van der Waals surface area (Å²) in [6.07, 6.45) is 0.245. The van der Waals surface area contributed by atoms with Crippen molar-refractivity contribution in [1.29, 1.82) is 0 Å². The molecule has 6 heteroatoms. The Labute approximate surface area is 145 Å². The van der Waals surface area contributed by atoms with Crippen molar-refractivity contribution >= 4 is 11.6 Å². The third-order valence-electron chi connectivity index (χ3n) is 4.37. The lowest BCUT2D eigenvalue weighted by Crippen LogP contribution is -2.48. The number of anilines is 1. The molecule has 1 aromatic rings. The molecule has 1 heterocycles. The maximum absolute atomic E-state index is 12.6. The van der Waals surface area contributed by atoms with Gasteiger partial charge in [-0.05, 0) is 44.8 Å². The number of likely N-dealkylation sites (N-methyl/N-ethyl adjacent to an activating group) is 2. The zero-order chi connectivity index (χ0) is 17.7. The Morgan fingerprint density at radius 3 is 2.79 bits per heavy atom. The highest BCUT2D eigenvalue weighted by Crippen LogP contribution is 2.14. The van der Waals surface area contributed by atoms with Crippen LogP contribution in [0.3, 0.4) is 0 Å². The minimum atomic E-state index is 0.0469. The highest BCUT2D eigenvalue weighted by molar-refractivity contribution is 5.95. The van der Waals surface area contributed by atoms with Crippen LogP contribution in [0.25, 0.3) is 0 Å². The highest BCUT2D eigenvalue weighted by atomic mass is 16.5. The smallest absolute Gasteiger partial charge is 0.253 e. The number of amides is 1. The average Bonchev–Trinajstić information content (AvgIpc) is 2.51. The molecule has 6 nitrogen and oxygen atoms in total. The van der Waals surface area contributed by atoms with Gasteiger partial charge in [-0.3, -0.25) is 9.69 Å². The van der Waals surface area contributed by atoms with Gasteiger partial charge in [-0.1, -0.05) is 0 Å². The van der Waals surface area contributed by atoms with E-state index in [0.717, 1.165) is 43.9 Å². The molecule has 1 unspecified atom stereocenters. The average molecular weight is 334 g/mol. The maximum atomic E-state index is 12.6. The summed E-state index contributed by atoms with van der Waals surface area (Å²) in [5.41, 5.74) is 8.09. The molecule has 0 bridgehead atoms. The first-order valence-electron chi connectivity index (χ1n) is 8.47. The SMILES string of the molecule is Cc1cc(N)ccc1C(=O)N(C)CCN1CCOC(CN(C)C)C1. The monoisotopic (exact) mass is 334 g/mol. The molecule has 0 radical (unpaired) electrons. The van der Waals surface area contributed by atoms with Crippen molar-refractivity contribution in [3.8, 4) is 0 Å². The molecule has 0 aliphatic carbocycles. The fraction of sp³-hybridized carbons (Fsp3) is 0.611. The number of hydrogen-bond acceptors (Lipinski definition) is 5. The van der Waals surface area contributed by atoms with Gasteiger partial charge in [-0.25, -0.2) is 0 Å². The summed E-state index contributed by atoms with van der Waals surface area (Å²) in [4.78, 5) is 18.9. The molecule has 1 aliphatic rings. The molecule has 24 heavy (non-hydrogen) atoms. The van der Waals surface area contributed by atoms with Crippen molar-refractivity contribution in [3.05, 3.63) is 29.3 Å². The van der Waals surface area contributed by atoms with Crippen molar-refractivity contribution in [1.82, 2.24) is 14.7 Å². The first-order valence-corrected chi connectivity index (χ1v) is 8.47. The Balaban J connectivity index is 1.85. The lowest BCUT2D eigenvalue weighted by molar-refractivity contribution is -0.0389. The summed E-state index contributed by atoms with van der Waals surface area (Å²) >= 11 is 0. The van der Waals surface area contributed by atoms with Gasteiger partial charge in [0.1, 0.15) is 0 Å². The standard InChI is InChI=1S/C18H30N4O2/c1-14-11-15(19)5-6-17(14)18(23)21(4)7-8-22-9-10-24-16(13-22)12-20(2)3/h5-6,11,16H,7-10,12-13,19H2,1-4H3. The van der Waals surface area contributed by atoms with Crippen LogP contribution in [0.4, 0.5) is 5.69 Å². The summed E-state index contributed by atoms with van der Waals surface area (Å²) in [7, 11) is 5.98. The van der Waals surface area contributed by atoms with Crippen LogP contribution in [-0.4, -0.2) is 87.2 Å². The van der Waals surface area contributed by atoms with Gasteiger partial charge < -0.3 is 20.3 Å². The van der Waals surface area contributed by atoms with E-state index < -0.39 is 0 Å². The predicted molar refractivity (Wildman–Crippen MR) is 97.3 cm³/mol. The second kappa shape index (κ2) is 8.46. The van der Waals surface area contributed by atoms with Gasteiger partial charge in [0.05, 0.1) is 12.7 Å². The lowest BCUT2D eigenvalue weighted by atomic mass is 10.1. The van der Waals surface area contributed by atoms with Crippen LogP contribution in [0.2, 0.25) is 0 Å². The van der Waals surface area contributed by atoms with E-state index in [1.54, 1.807) is 11.0 Å². The first kappa shape index (κ1) is 18.7. The zero-order valence-electron chi connectivity index (χ0n) is 15.3. The Morgan fingerprint density at radius 2 is 2.12 bits per heavy atom. The number of rotatable bonds is 6. The van der Waals surface area contributed by atoms with Gasteiger partial charge in [-0.2, -0.15) is 0 Å². The summed E-state index contributed by atoms with van der Waals surface area (Å²) in [6.45, 7) is 7.02. The number of ether oxygens (including phenoxy) is 1. The third-order valence-corrected chi connectivity index (χ3v) is 4.37. The normalized spacial score (nSPS) is 18.8. The van der Waals surface area contributed by atoms with Crippen LogP contribution in [0.5, 0.6) is 0 Å². The molecular formula is C18H30N4O2. The van der Waals surface area contributed by atoms with Crippen LogP contribution < -0.4 is 5.73 Å². The first-order chi connectivity index (χ1) is 11.4. The van der Waals surface area contributed by atoms with Gasteiger partial charge in [0.25, 0.3) is 5.91 Å². The van der Waals surface area contributed by atoms with Crippen LogP contribution in [-0.2, 0) is 4.74 Å². The van der Waals surface area contributed by atoms with E-state index in [0.29, 0.717) is 12.2 Å². The molecule has 1 aromatic carbocycles. The van der Waals surface area contributed by atoms with E-state index in [-0.39, 0.29) is 12.0 Å². The summed E-state index contributed by atoms with van der Waals surface area (Å²) in [5.74, 6) is 0.0469. The van der Waals surface area contributed by atoms with Gasteiger partial charge in [0.2, 0.25) is 0 Å². The van der Waals surface area contributed by atoms with Crippen LogP contribution in [0.15, 0.2) is 18.2 Å². The number of carbonyl (C=O) groups excluding carboxylic acids is 1. The predicted octanol–water partition coefficient (Wildman–Crippen LogP) is 0.912. The fourth-order valence-corrected chi connectivity index (χ4v) is 3.03.